The van der Waals surface area contributed by atoms with Crippen molar-refractivity contribution in [3.05, 3.63) is 23.8 Å². The summed E-state index contributed by atoms with van der Waals surface area (Å²) in [5.74, 6) is 0.491. The van der Waals surface area contributed by atoms with Crippen LogP contribution in [0.3, 0.4) is 0 Å². The number of rotatable bonds is 3. The maximum atomic E-state index is 10.6. The number of ether oxygens (including phenoxy) is 1. The minimum Gasteiger partial charge on any atom is -0.504 e. The number of phenols is 1. The van der Waals surface area contributed by atoms with Gasteiger partial charge < -0.3 is 9.84 Å². The zero-order chi connectivity index (χ0) is 12.3. The molecule has 1 aliphatic rings. The first kappa shape index (κ1) is 11.7. The molecule has 0 spiro atoms. The minimum atomic E-state index is -0.611. The van der Waals surface area contributed by atoms with Gasteiger partial charge in [-0.25, -0.2) is 4.79 Å². The van der Waals surface area contributed by atoms with Crippen LogP contribution in [0.25, 0.3) is 0 Å². The van der Waals surface area contributed by atoms with Crippen LogP contribution in [0.5, 0.6) is 11.5 Å². The Morgan fingerprint density at radius 3 is 2.71 bits per heavy atom. The number of benzene rings is 1. The molecule has 4 nitrogen and oxygen atoms in total. The molecular weight excluding hydrogens is 218 g/mol. The molecule has 0 aliphatic heterocycles. The maximum Gasteiger partial charge on any atom is 0.235 e. The highest BCUT2D eigenvalue weighted by molar-refractivity contribution is 5.51. The fourth-order valence-corrected chi connectivity index (χ4v) is 2.55. The SMILES string of the molecule is COc1cccc(C2(N=C=O)CCCC2)c1O. The zero-order valence-electron chi connectivity index (χ0n) is 9.77. The fraction of sp³-hybridized carbons (Fsp3) is 0.462. The maximum absolute atomic E-state index is 10.6. The van der Waals surface area contributed by atoms with Crippen LogP contribution < -0.4 is 4.74 Å². The molecule has 1 aromatic carbocycles. The lowest BCUT2D eigenvalue weighted by atomic mass is 9.88. The molecule has 17 heavy (non-hydrogen) atoms. The summed E-state index contributed by atoms with van der Waals surface area (Å²) in [5.41, 5.74) is 0.0538. The fourth-order valence-electron chi connectivity index (χ4n) is 2.55. The van der Waals surface area contributed by atoms with Gasteiger partial charge in [-0.3, -0.25) is 0 Å². The van der Waals surface area contributed by atoms with E-state index in [0.29, 0.717) is 11.3 Å². The lowest BCUT2D eigenvalue weighted by molar-refractivity contribution is 0.355. The molecule has 1 saturated carbocycles. The van der Waals surface area contributed by atoms with Crippen LogP contribution in [0.15, 0.2) is 23.2 Å². The molecule has 2 rings (SSSR count). The standard InChI is InChI=1S/C13H15NO3/c1-17-11-6-4-5-10(12(11)16)13(14-9-15)7-2-3-8-13/h4-6,16H,2-3,7-8H2,1H3. The van der Waals surface area contributed by atoms with E-state index in [0.717, 1.165) is 25.7 Å². The van der Waals surface area contributed by atoms with E-state index in [9.17, 15) is 9.90 Å². The van der Waals surface area contributed by atoms with Crippen molar-refractivity contribution < 1.29 is 14.6 Å². The third-order valence-corrected chi connectivity index (χ3v) is 3.41. The third-order valence-electron chi connectivity index (χ3n) is 3.41. The quantitative estimate of drug-likeness (QED) is 0.644. The first-order valence-electron chi connectivity index (χ1n) is 5.69. The molecule has 0 unspecified atom stereocenters. The van der Waals surface area contributed by atoms with Gasteiger partial charge in [0.1, 0.15) is 5.54 Å². The van der Waals surface area contributed by atoms with E-state index in [-0.39, 0.29) is 5.75 Å². The van der Waals surface area contributed by atoms with Gasteiger partial charge in [-0.15, -0.1) is 0 Å². The average Bonchev–Trinajstić information content (AvgIpc) is 2.79. The number of isocyanates is 1. The number of phenolic OH excluding ortho intramolecular Hbond substituents is 1. The summed E-state index contributed by atoms with van der Waals surface area (Å²) in [4.78, 5) is 14.5. The summed E-state index contributed by atoms with van der Waals surface area (Å²) in [5, 5.41) is 10.1. The predicted octanol–water partition coefficient (Wildman–Crippen LogP) is 2.51. The Hall–Kier alpha value is -1.80. The monoisotopic (exact) mass is 233 g/mol. The van der Waals surface area contributed by atoms with E-state index >= 15 is 0 Å². The Labute approximate surface area is 99.9 Å². The minimum absolute atomic E-state index is 0.0795. The number of hydrogen-bond acceptors (Lipinski definition) is 4. The number of methoxy groups -OCH3 is 1. The molecule has 0 atom stereocenters. The normalized spacial score (nSPS) is 17.5. The number of carbonyl (C=O) groups excluding carboxylic acids is 1. The summed E-state index contributed by atoms with van der Waals surface area (Å²) >= 11 is 0. The van der Waals surface area contributed by atoms with E-state index in [4.69, 9.17) is 4.74 Å². The molecule has 0 amide bonds. The van der Waals surface area contributed by atoms with Gasteiger partial charge in [-0.05, 0) is 18.9 Å². The Bertz CT molecular complexity index is 458. The molecule has 90 valence electrons. The Balaban J connectivity index is 2.54. The summed E-state index contributed by atoms with van der Waals surface area (Å²) < 4.78 is 5.08. The van der Waals surface area contributed by atoms with E-state index in [2.05, 4.69) is 4.99 Å². The number of aromatic hydroxyl groups is 1. The zero-order valence-corrected chi connectivity index (χ0v) is 9.77. The highest BCUT2D eigenvalue weighted by atomic mass is 16.5. The second kappa shape index (κ2) is 4.60. The second-order valence-electron chi connectivity index (χ2n) is 4.30. The van der Waals surface area contributed by atoms with Gasteiger partial charge in [0.15, 0.2) is 11.5 Å². The Kier molecular flexibility index (Phi) is 3.16. The number of hydrogen-bond donors (Lipinski definition) is 1. The molecule has 0 heterocycles. The number of aliphatic imine (C=N–C) groups is 1. The van der Waals surface area contributed by atoms with Crippen molar-refractivity contribution >= 4 is 6.08 Å². The van der Waals surface area contributed by atoms with Crippen molar-refractivity contribution in [2.24, 2.45) is 4.99 Å². The largest absolute Gasteiger partial charge is 0.504 e. The van der Waals surface area contributed by atoms with E-state index < -0.39 is 5.54 Å². The van der Waals surface area contributed by atoms with Crippen molar-refractivity contribution in [1.29, 1.82) is 0 Å². The van der Waals surface area contributed by atoms with Gasteiger partial charge in [-0.2, -0.15) is 4.99 Å². The van der Waals surface area contributed by atoms with Crippen molar-refractivity contribution in [1.82, 2.24) is 0 Å². The summed E-state index contributed by atoms with van der Waals surface area (Å²) in [6.45, 7) is 0. The summed E-state index contributed by atoms with van der Waals surface area (Å²) in [7, 11) is 1.50. The van der Waals surface area contributed by atoms with Crippen LogP contribution in [-0.4, -0.2) is 18.3 Å². The van der Waals surface area contributed by atoms with Crippen LogP contribution in [0.4, 0.5) is 0 Å². The molecule has 4 heteroatoms. The van der Waals surface area contributed by atoms with Crippen LogP contribution in [0, 0.1) is 0 Å². The highest BCUT2D eigenvalue weighted by Crippen LogP contribution is 2.47. The van der Waals surface area contributed by atoms with Gasteiger partial charge in [0.25, 0.3) is 0 Å². The molecule has 0 bridgehead atoms. The van der Waals surface area contributed by atoms with Crippen molar-refractivity contribution in [3.8, 4) is 11.5 Å². The molecule has 0 radical (unpaired) electrons. The molecular formula is C13H15NO3. The van der Waals surface area contributed by atoms with Gasteiger partial charge in [0.2, 0.25) is 6.08 Å². The average molecular weight is 233 g/mol. The molecule has 1 fully saturated rings. The lowest BCUT2D eigenvalue weighted by Crippen LogP contribution is -2.19. The molecule has 1 aliphatic carbocycles. The third kappa shape index (κ3) is 1.92. The Morgan fingerprint density at radius 2 is 2.12 bits per heavy atom. The van der Waals surface area contributed by atoms with Gasteiger partial charge in [-0.1, -0.05) is 25.0 Å². The summed E-state index contributed by atoms with van der Waals surface area (Å²) in [6, 6.07) is 5.28. The number of nitrogens with zero attached hydrogens (tertiary/aromatic N) is 1. The smallest absolute Gasteiger partial charge is 0.235 e. The van der Waals surface area contributed by atoms with Crippen LogP contribution in [0.2, 0.25) is 0 Å². The summed E-state index contributed by atoms with van der Waals surface area (Å²) in [6.07, 6.45) is 5.17. The Morgan fingerprint density at radius 1 is 1.41 bits per heavy atom. The second-order valence-corrected chi connectivity index (χ2v) is 4.30. The first-order chi connectivity index (χ1) is 8.23. The first-order valence-corrected chi connectivity index (χ1v) is 5.69. The van der Waals surface area contributed by atoms with Gasteiger partial charge in [0, 0.05) is 5.56 Å². The van der Waals surface area contributed by atoms with Gasteiger partial charge >= 0.3 is 0 Å². The topological polar surface area (TPSA) is 58.9 Å². The van der Waals surface area contributed by atoms with Crippen LogP contribution in [0.1, 0.15) is 31.2 Å². The highest BCUT2D eigenvalue weighted by Gasteiger charge is 2.38. The lowest BCUT2D eigenvalue weighted by Gasteiger charge is -2.24. The van der Waals surface area contributed by atoms with Crippen molar-refractivity contribution in [3.63, 3.8) is 0 Å². The molecule has 0 saturated heterocycles. The van der Waals surface area contributed by atoms with E-state index in [1.807, 2.05) is 0 Å². The molecule has 1 aromatic rings. The van der Waals surface area contributed by atoms with E-state index in [1.165, 1.54) is 7.11 Å². The van der Waals surface area contributed by atoms with Crippen molar-refractivity contribution in [2.75, 3.05) is 7.11 Å². The van der Waals surface area contributed by atoms with Crippen molar-refractivity contribution in [2.45, 2.75) is 31.2 Å². The molecule has 0 aromatic heterocycles. The molecule has 1 N–H and O–H groups in total. The van der Waals surface area contributed by atoms with Crippen LogP contribution >= 0.6 is 0 Å². The van der Waals surface area contributed by atoms with E-state index in [1.54, 1.807) is 24.3 Å². The van der Waals surface area contributed by atoms with Crippen LogP contribution in [-0.2, 0) is 10.3 Å². The van der Waals surface area contributed by atoms with Gasteiger partial charge in [0.05, 0.1) is 7.11 Å². The predicted molar refractivity (Wildman–Crippen MR) is 62.9 cm³/mol. The number of para-hydroxylation sites is 1.